The Balaban J connectivity index is 2.10. The van der Waals surface area contributed by atoms with Gasteiger partial charge in [0.1, 0.15) is 12.0 Å². The number of carbonyl (C=O) groups is 1. The van der Waals surface area contributed by atoms with E-state index in [-0.39, 0.29) is 11.9 Å². The molecule has 1 atom stereocenters. The number of hydrogen-bond donors (Lipinski definition) is 2. The van der Waals surface area contributed by atoms with Crippen LogP contribution >= 0.6 is 0 Å². The van der Waals surface area contributed by atoms with Crippen LogP contribution in [0.15, 0.2) is 34.9 Å². The van der Waals surface area contributed by atoms with Gasteiger partial charge in [-0.15, -0.1) is 0 Å². The van der Waals surface area contributed by atoms with Crippen molar-refractivity contribution in [1.82, 2.24) is 5.32 Å². The Labute approximate surface area is 119 Å². The Hall–Kier alpha value is -2.07. The van der Waals surface area contributed by atoms with Crippen LogP contribution in [0, 0.1) is 13.8 Å². The van der Waals surface area contributed by atoms with Gasteiger partial charge in [0.05, 0.1) is 18.2 Å². The van der Waals surface area contributed by atoms with Crippen LogP contribution in [0.5, 0.6) is 0 Å². The summed E-state index contributed by atoms with van der Waals surface area (Å²) in [5, 5.41) is 2.96. The summed E-state index contributed by atoms with van der Waals surface area (Å²) in [7, 11) is 0. The number of nitrogens with one attached hydrogen (secondary N) is 1. The zero-order valence-electron chi connectivity index (χ0n) is 12.1. The maximum absolute atomic E-state index is 12.1. The van der Waals surface area contributed by atoms with E-state index < -0.39 is 0 Å². The van der Waals surface area contributed by atoms with Gasteiger partial charge in [0.25, 0.3) is 5.91 Å². The second-order valence-corrected chi connectivity index (χ2v) is 5.12. The van der Waals surface area contributed by atoms with Crippen molar-refractivity contribution in [3.63, 3.8) is 0 Å². The van der Waals surface area contributed by atoms with Gasteiger partial charge in [0.15, 0.2) is 0 Å². The summed E-state index contributed by atoms with van der Waals surface area (Å²) in [6.07, 6.45) is 1.44. The van der Waals surface area contributed by atoms with Gasteiger partial charge >= 0.3 is 0 Å². The fourth-order valence-electron chi connectivity index (χ4n) is 2.23. The number of amides is 1. The molecule has 0 aliphatic heterocycles. The molecule has 4 nitrogen and oxygen atoms in total. The fraction of sp³-hybridized carbons (Fsp3) is 0.312. The first-order valence-electron chi connectivity index (χ1n) is 6.66. The minimum atomic E-state index is -0.153. The van der Waals surface area contributed by atoms with E-state index in [0.717, 1.165) is 5.56 Å². The average Bonchev–Trinajstić information content (AvgIpc) is 2.86. The molecule has 2 aromatic rings. The van der Waals surface area contributed by atoms with Crippen molar-refractivity contribution in [2.45, 2.75) is 33.4 Å². The van der Waals surface area contributed by atoms with Gasteiger partial charge < -0.3 is 15.5 Å². The molecule has 3 N–H and O–H groups in total. The van der Waals surface area contributed by atoms with E-state index in [1.165, 1.54) is 17.4 Å². The lowest BCUT2D eigenvalue weighted by Gasteiger charge is -2.15. The molecule has 0 bridgehead atoms. The SMILES string of the molecule is Cc1cc(C)cc(C(C)NC(=O)c2coc(CN)c2)c1. The standard InChI is InChI=1S/C16H20N2O2/c1-10-4-11(2)6-13(5-10)12(3)18-16(19)14-7-15(8-17)20-9-14/h4-7,9,12H,8,17H2,1-3H3,(H,18,19). The number of aryl methyl sites for hydroxylation is 2. The summed E-state index contributed by atoms with van der Waals surface area (Å²) in [5.41, 5.74) is 9.44. The lowest BCUT2D eigenvalue weighted by Crippen LogP contribution is -2.26. The van der Waals surface area contributed by atoms with Gasteiger partial charge in [-0.1, -0.05) is 29.3 Å². The van der Waals surface area contributed by atoms with Gasteiger partial charge in [0.2, 0.25) is 0 Å². The maximum atomic E-state index is 12.1. The second-order valence-electron chi connectivity index (χ2n) is 5.12. The topological polar surface area (TPSA) is 68.3 Å². The maximum Gasteiger partial charge on any atom is 0.255 e. The van der Waals surface area contributed by atoms with Crippen molar-refractivity contribution < 1.29 is 9.21 Å². The van der Waals surface area contributed by atoms with Crippen molar-refractivity contribution in [3.05, 3.63) is 58.5 Å². The first kappa shape index (κ1) is 14.3. The molecule has 20 heavy (non-hydrogen) atoms. The van der Waals surface area contributed by atoms with Crippen LogP contribution in [0.1, 0.15) is 45.8 Å². The molecule has 1 aromatic heterocycles. The minimum Gasteiger partial charge on any atom is -0.467 e. The fourth-order valence-corrected chi connectivity index (χ4v) is 2.23. The molecule has 1 aromatic carbocycles. The molecule has 4 heteroatoms. The first-order chi connectivity index (χ1) is 9.49. The number of furan rings is 1. The summed E-state index contributed by atoms with van der Waals surface area (Å²) in [6, 6.07) is 7.89. The molecular formula is C16H20N2O2. The van der Waals surface area contributed by atoms with Crippen LogP contribution < -0.4 is 11.1 Å². The Bertz CT molecular complexity index is 596. The van der Waals surface area contributed by atoms with Crippen LogP contribution in [0.3, 0.4) is 0 Å². The average molecular weight is 272 g/mol. The van der Waals surface area contributed by atoms with Crippen molar-refractivity contribution in [2.75, 3.05) is 0 Å². The third-order valence-electron chi connectivity index (χ3n) is 3.21. The van der Waals surface area contributed by atoms with Gasteiger partial charge in [-0.05, 0) is 32.4 Å². The van der Waals surface area contributed by atoms with Crippen molar-refractivity contribution in [3.8, 4) is 0 Å². The zero-order valence-corrected chi connectivity index (χ0v) is 12.1. The lowest BCUT2D eigenvalue weighted by atomic mass is 10.0. The molecule has 0 fully saturated rings. The largest absolute Gasteiger partial charge is 0.467 e. The predicted octanol–water partition coefficient (Wildman–Crippen LogP) is 2.85. The molecule has 2 rings (SSSR count). The first-order valence-corrected chi connectivity index (χ1v) is 6.66. The highest BCUT2D eigenvalue weighted by Gasteiger charge is 2.14. The van der Waals surface area contributed by atoms with Gasteiger partial charge in [-0.25, -0.2) is 0 Å². The van der Waals surface area contributed by atoms with E-state index in [1.807, 2.05) is 6.92 Å². The summed E-state index contributed by atoms with van der Waals surface area (Å²) in [4.78, 5) is 12.1. The van der Waals surface area contributed by atoms with Crippen LogP contribution in [-0.4, -0.2) is 5.91 Å². The monoisotopic (exact) mass is 272 g/mol. The third-order valence-corrected chi connectivity index (χ3v) is 3.21. The van der Waals surface area contributed by atoms with Crippen LogP contribution in [0.2, 0.25) is 0 Å². The van der Waals surface area contributed by atoms with E-state index in [1.54, 1.807) is 6.07 Å². The molecule has 0 aliphatic carbocycles. The van der Waals surface area contributed by atoms with E-state index in [0.29, 0.717) is 17.9 Å². The molecule has 0 spiro atoms. The number of nitrogens with two attached hydrogens (primary N) is 1. The zero-order chi connectivity index (χ0) is 14.7. The van der Waals surface area contributed by atoms with E-state index in [4.69, 9.17) is 10.2 Å². The van der Waals surface area contributed by atoms with E-state index >= 15 is 0 Å². The molecule has 1 heterocycles. The quantitative estimate of drug-likeness (QED) is 0.899. The molecule has 0 saturated heterocycles. The van der Waals surface area contributed by atoms with Crippen molar-refractivity contribution in [1.29, 1.82) is 0 Å². The Morgan fingerprint density at radius 3 is 2.45 bits per heavy atom. The van der Waals surface area contributed by atoms with Crippen LogP contribution in [0.25, 0.3) is 0 Å². The Kier molecular flexibility index (Phi) is 4.25. The molecule has 1 unspecified atom stereocenters. The summed E-state index contributed by atoms with van der Waals surface area (Å²) in [5.74, 6) is 0.453. The third kappa shape index (κ3) is 3.27. The number of carbonyl (C=O) groups excluding carboxylic acids is 1. The number of hydrogen-bond acceptors (Lipinski definition) is 3. The van der Waals surface area contributed by atoms with Gasteiger partial charge in [-0.3, -0.25) is 4.79 Å². The van der Waals surface area contributed by atoms with Crippen molar-refractivity contribution >= 4 is 5.91 Å². The Morgan fingerprint density at radius 2 is 1.90 bits per heavy atom. The highest BCUT2D eigenvalue weighted by atomic mass is 16.3. The minimum absolute atomic E-state index is 0.0580. The predicted molar refractivity (Wildman–Crippen MR) is 78.4 cm³/mol. The van der Waals surface area contributed by atoms with Crippen LogP contribution in [0.4, 0.5) is 0 Å². The molecule has 0 radical (unpaired) electrons. The molecule has 0 saturated carbocycles. The van der Waals surface area contributed by atoms with Crippen molar-refractivity contribution in [2.24, 2.45) is 5.73 Å². The van der Waals surface area contributed by atoms with Gasteiger partial charge in [-0.2, -0.15) is 0 Å². The normalized spacial score (nSPS) is 12.2. The second kappa shape index (κ2) is 5.92. The lowest BCUT2D eigenvalue weighted by molar-refractivity contribution is 0.0939. The van der Waals surface area contributed by atoms with E-state index in [9.17, 15) is 4.79 Å². The molecule has 106 valence electrons. The molecule has 0 aliphatic rings. The van der Waals surface area contributed by atoms with Crippen LogP contribution in [-0.2, 0) is 6.54 Å². The summed E-state index contributed by atoms with van der Waals surface area (Å²) in [6.45, 7) is 6.36. The van der Waals surface area contributed by atoms with E-state index in [2.05, 4.69) is 37.4 Å². The summed E-state index contributed by atoms with van der Waals surface area (Å²) < 4.78 is 5.17. The Morgan fingerprint density at radius 1 is 1.25 bits per heavy atom. The molecule has 1 amide bonds. The highest BCUT2D eigenvalue weighted by molar-refractivity contribution is 5.94. The highest BCUT2D eigenvalue weighted by Crippen LogP contribution is 2.17. The van der Waals surface area contributed by atoms with Gasteiger partial charge in [0, 0.05) is 0 Å². The number of benzene rings is 1. The smallest absolute Gasteiger partial charge is 0.255 e. The summed E-state index contributed by atoms with van der Waals surface area (Å²) >= 11 is 0. The number of rotatable bonds is 4. The molecular weight excluding hydrogens is 252 g/mol.